The fourth-order valence-electron chi connectivity index (χ4n) is 1.72. The maximum Gasteiger partial charge on any atom is 0.337 e. The first-order valence-corrected chi connectivity index (χ1v) is 5.31. The summed E-state index contributed by atoms with van der Waals surface area (Å²) in [5, 5.41) is 0. The zero-order valence-corrected chi connectivity index (χ0v) is 9.81. The molecule has 0 amide bonds. The summed E-state index contributed by atoms with van der Waals surface area (Å²) in [4.78, 5) is 15.6. The Labute approximate surface area is 100 Å². The van der Waals surface area contributed by atoms with Gasteiger partial charge in [-0.1, -0.05) is 12.1 Å². The van der Waals surface area contributed by atoms with Gasteiger partial charge in [0.05, 0.1) is 12.7 Å². The van der Waals surface area contributed by atoms with Crippen LogP contribution in [0.3, 0.4) is 0 Å². The first-order valence-electron chi connectivity index (χ1n) is 5.31. The van der Waals surface area contributed by atoms with Crippen molar-refractivity contribution in [1.82, 2.24) is 4.98 Å². The summed E-state index contributed by atoms with van der Waals surface area (Å²) in [5.74, 6) is -0.321. The van der Waals surface area contributed by atoms with E-state index in [9.17, 15) is 4.79 Å². The normalized spacial score (nSPS) is 10.0. The van der Waals surface area contributed by atoms with Gasteiger partial charge in [-0.3, -0.25) is 4.98 Å². The molecule has 0 saturated heterocycles. The van der Waals surface area contributed by atoms with E-state index in [1.807, 2.05) is 37.3 Å². The highest BCUT2D eigenvalue weighted by molar-refractivity contribution is 5.91. The largest absolute Gasteiger partial charge is 0.465 e. The number of hydrogen-bond donors (Lipinski definition) is 0. The van der Waals surface area contributed by atoms with Crippen molar-refractivity contribution in [2.45, 2.75) is 6.92 Å². The number of methoxy groups -OCH3 is 1. The number of benzene rings is 1. The van der Waals surface area contributed by atoms with Gasteiger partial charge in [0.1, 0.15) is 0 Å². The molecule has 0 N–H and O–H groups in total. The van der Waals surface area contributed by atoms with Crippen LogP contribution in [0.15, 0.2) is 42.7 Å². The quantitative estimate of drug-likeness (QED) is 0.740. The van der Waals surface area contributed by atoms with Gasteiger partial charge in [-0.15, -0.1) is 0 Å². The van der Waals surface area contributed by atoms with Crippen LogP contribution in [0.5, 0.6) is 0 Å². The van der Waals surface area contributed by atoms with Crippen LogP contribution in [0.1, 0.15) is 15.9 Å². The Hall–Kier alpha value is -2.16. The number of aromatic nitrogens is 1. The van der Waals surface area contributed by atoms with Crippen LogP contribution in [0.2, 0.25) is 0 Å². The topological polar surface area (TPSA) is 39.2 Å². The van der Waals surface area contributed by atoms with Crippen molar-refractivity contribution in [3.05, 3.63) is 53.9 Å². The van der Waals surface area contributed by atoms with Crippen LogP contribution in [0.4, 0.5) is 0 Å². The second-order valence-corrected chi connectivity index (χ2v) is 3.82. The Morgan fingerprint density at radius 2 is 2.06 bits per heavy atom. The minimum absolute atomic E-state index is 0.321. The molecule has 0 aliphatic heterocycles. The highest BCUT2D eigenvalue weighted by Crippen LogP contribution is 2.21. The molecule has 1 aromatic carbocycles. The number of carbonyl (C=O) groups excluding carboxylic acids is 1. The summed E-state index contributed by atoms with van der Waals surface area (Å²) >= 11 is 0. The Morgan fingerprint density at radius 3 is 2.71 bits per heavy atom. The minimum Gasteiger partial charge on any atom is -0.465 e. The molecule has 0 fully saturated rings. The van der Waals surface area contributed by atoms with Crippen LogP contribution in [-0.2, 0) is 4.74 Å². The van der Waals surface area contributed by atoms with E-state index in [0.717, 1.165) is 16.7 Å². The van der Waals surface area contributed by atoms with E-state index < -0.39 is 0 Å². The van der Waals surface area contributed by atoms with E-state index in [1.165, 1.54) is 7.11 Å². The Kier molecular flexibility index (Phi) is 3.19. The average Bonchev–Trinajstić information content (AvgIpc) is 2.38. The number of nitrogens with zero attached hydrogens (tertiary/aromatic N) is 1. The van der Waals surface area contributed by atoms with Crippen molar-refractivity contribution >= 4 is 5.97 Å². The molecule has 0 bridgehead atoms. The summed E-state index contributed by atoms with van der Waals surface area (Å²) in [7, 11) is 1.38. The van der Waals surface area contributed by atoms with Crippen molar-refractivity contribution in [3.8, 4) is 11.1 Å². The Bertz CT molecular complexity index is 535. The molecule has 0 spiro atoms. The molecule has 3 nitrogen and oxygen atoms in total. The van der Waals surface area contributed by atoms with Gasteiger partial charge in [0.25, 0.3) is 0 Å². The molecule has 1 aromatic heterocycles. The van der Waals surface area contributed by atoms with Gasteiger partial charge < -0.3 is 4.74 Å². The summed E-state index contributed by atoms with van der Waals surface area (Å²) in [6.45, 7) is 1.95. The Morgan fingerprint density at radius 1 is 1.24 bits per heavy atom. The maximum absolute atomic E-state index is 11.5. The van der Waals surface area contributed by atoms with E-state index in [-0.39, 0.29) is 5.97 Å². The summed E-state index contributed by atoms with van der Waals surface area (Å²) in [6, 6.07) is 9.48. The van der Waals surface area contributed by atoms with E-state index in [4.69, 9.17) is 4.74 Å². The monoisotopic (exact) mass is 227 g/mol. The van der Waals surface area contributed by atoms with Crippen molar-refractivity contribution in [2.24, 2.45) is 0 Å². The Balaban J connectivity index is 2.49. The fraction of sp³-hybridized carbons (Fsp3) is 0.143. The number of ether oxygens (including phenoxy) is 1. The number of carbonyl (C=O) groups is 1. The SMILES string of the molecule is COC(=O)c1cc(C)cc(-c2cccnc2)c1. The second kappa shape index (κ2) is 4.78. The first kappa shape index (κ1) is 11.3. The standard InChI is InChI=1S/C14H13NO2/c1-10-6-12(11-4-3-5-15-9-11)8-13(7-10)14(16)17-2/h3-9H,1-2H3. The van der Waals surface area contributed by atoms with Gasteiger partial charge in [-0.25, -0.2) is 4.79 Å². The van der Waals surface area contributed by atoms with Gasteiger partial charge in [0.15, 0.2) is 0 Å². The van der Waals surface area contributed by atoms with Gasteiger partial charge >= 0.3 is 5.97 Å². The predicted molar refractivity (Wildman–Crippen MR) is 65.7 cm³/mol. The third kappa shape index (κ3) is 2.50. The lowest BCUT2D eigenvalue weighted by Crippen LogP contribution is -2.01. The number of aryl methyl sites for hydroxylation is 1. The first-order chi connectivity index (χ1) is 8.20. The molecule has 86 valence electrons. The number of pyridine rings is 1. The van der Waals surface area contributed by atoms with E-state index in [0.29, 0.717) is 5.56 Å². The summed E-state index contributed by atoms with van der Waals surface area (Å²) < 4.78 is 4.73. The minimum atomic E-state index is -0.321. The molecule has 1 heterocycles. The molecule has 0 radical (unpaired) electrons. The third-order valence-electron chi connectivity index (χ3n) is 2.49. The van der Waals surface area contributed by atoms with Crippen LogP contribution in [-0.4, -0.2) is 18.1 Å². The van der Waals surface area contributed by atoms with Crippen molar-refractivity contribution in [1.29, 1.82) is 0 Å². The zero-order valence-electron chi connectivity index (χ0n) is 9.81. The molecule has 0 unspecified atom stereocenters. The number of esters is 1. The van der Waals surface area contributed by atoms with Crippen molar-refractivity contribution in [2.75, 3.05) is 7.11 Å². The van der Waals surface area contributed by atoms with Crippen LogP contribution < -0.4 is 0 Å². The summed E-state index contributed by atoms with van der Waals surface area (Å²) in [6.07, 6.45) is 3.50. The smallest absolute Gasteiger partial charge is 0.337 e. The molecule has 0 saturated carbocycles. The van der Waals surface area contributed by atoms with Gasteiger partial charge in [0, 0.05) is 18.0 Å². The molecule has 2 rings (SSSR count). The van der Waals surface area contributed by atoms with Gasteiger partial charge in [-0.2, -0.15) is 0 Å². The van der Waals surface area contributed by atoms with Crippen LogP contribution >= 0.6 is 0 Å². The fourth-order valence-corrected chi connectivity index (χ4v) is 1.72. The lowest BCUT2D eigenvalue weighted by atomic mass is 10.0. The van der Waals surface area contributed by atoms with E-state index in [2.05, 4.69) is 4.98 Å². The molecule has 2 aromatic rings. The second-order valence-electron chi connectivity index (χ2n) is 3.82. The lowest BCUT2D eigenvalue weighted by Gasteiger charge is -2.06. The third-order valence-corrected chi connectivity index (χ3v) is 2.49. The van der Waals surface area contributed by atoms with E-state index >= 15 is 0 Å². The van der Waals surface area contributed by atoms with Crippen molar-refractivity contribution < 1.29 is 9.53 Å². The molecule has 3 heteroatoms. The highest BCUT2D eigenvalue weighted by atomic mass is 16.5. The lowest BCUT2D eigenvalue weighted by molar-refractivity contribution is 0.0600. The molecular weight excluding hydrogens is 214 g/mol. The van der Waals surface area contributed by atoms with Crippen LogP contribution in [0.25, 0.3) is 11.1 Å². The highest BCUT2D eigenvalue weighted by Gasteiger charge is 2.08. The average molecular weight is 227 g/mol. The maximum atomic E-state index is 11.5. The van der Waals surface area contributed by atoms with Gasteiger partial charge in [-0.05, 0) is 36.2 Å². The summed E-state index contributed by atoms with van der Waals surface area (Å²) in [5.41, 5.74) is 3.54. The zero-order chi connectivity index (χ0) is 12.3. The van der Waals surface area contributed by atoms with Crippen LogP contribution in [0, 0.1) is 6.92 Å². The van der Waals surface area contributed by atoms with Gasteiger partial charge in [0.2, 0.25) is 0 Å². The molecule has 0 atom stereocenters. The van der Waals surface area contributed by atoms with Crippen molar-refractivity contribution in [3.63, 3.8) is 0 Å². The molecule has 0 aliphatic rings. The molecular formula is C14H13NO2. The molecule has 0 aliphatic carbocycles. The number of rotatable bonds is 2. The number of hydrogen-bond acceptors (Lipinski definition) is 3. The molecule has 17 heavy (non-hydrogen) atoms. The predicted octanol–water partition coefficient (Wildman–Crippen LogP) is 2.84. The van der Waals surface area contributed by atoms with E-state index in [1.54, 1.807) is 12.4 Å².